The number of benzene rings is 1. The monoisotopic (exact) mass is 300 g/mol. The van der Waals surface area contributed by atoms with Crippen molar-refractivity contribution in [2.24, 2.45) is 0 Å². The van der Waals surface area contributed by atoms with E-state index in [0.717, 1.165) is 37.9 Å². The van der Waals surface area contributed by atoms with Crippen LogP contribution in [0.25, 0.3) is 0 Å². The van der Waals surface area contributed by atoms with Gasteiger partial charge in [-0.15, -0.1) is 0 Å². The van der Waals surface area contributed by atoms with E-state index in [1.807, 2.05) is 0 Å². The number of hydrogen-bond acceptors (Lipinski definition) is 2. The Morgan fingerprint density at radius 3 is 2.55 bits per heavy atom. The second-order valence-electron chi connectivity index (χ2n) is 7.27. The van der Waals surface area contributed by atoms with Crippen LogP contribution in [0.1, 0.15) is 51.2 Å². The lowest BCUT2D eigenvalue weighted by Gasteiger charge is -2.36. The average Bonchev–Trinajstić information content (AvgIpc) is 2.79. The number of hydrogen-bond donors (Lipinski definition) is 1. The van der Waals surface area contributed by atoms with Crippen LogP contribution in [-0.4, -0.2) is 36.0 Å². The Labute approximate surface area is 134 Å². The molecule has 1 aromatic rings. The van der Waals surface area contributed by atoms with Gasteiger partial charge in [0.15, 0.2) is 0 Å². The fourth-order valence-corrected chi connectivity index (χ4v) is 3.92. The summed E-state index contributed by atoms with van der Waals surface area (Å²) in [5, 5.41) is 3.48. The molecule has 0 saturated carbocycles. The molecule has 1 amide bonds. The van der Waals surface area contributed by atoms with Gasteiger partial charge in [0.1, 0.15) is 0 Å². The minimum absolute atomic E-state index is 0.299. The highest BCUT2D eigenvalue weighted by Gasteiger charge is 2.43. The van der Waals surface area contributed by atoms with Crippen LogP contribution < -0.4 is 5.32 Å². The first kappa shape index (κ1) is 15.5. The van der Waals surface area contributed by atoms with Gasteiger partial charge in [0.05, 0.1) is 5.41 Å². The fraction of sp³-hybridized carbons (Fsp3) is 0.632. The number of aryl methyl sites for hydroxylation is 1. The fourth-order valence-electron chi connectivity index (χ4n) is 3.92. The van der Waals surface area contributed by atoms with Gasteiger partial charge in [-0.1, -0.05) is 31.2 Å². The van der Waals surface area contributed by atoms with Crippen LogP contribution in [0.15, 0.2) is 24.3 Å². The van der Waals surface area contributed by atoms with Gasteiger partial charge in [0.2, 0.25) is 5.91 Å². The molecule has 3 rings (SSSR count). The second kappa shape index (κ2) is 6.04. The van der Waals surface area contributed by atoms with Gasteiger partial charge < -0.3 is 10.2 Å². The molecule has 2 aliphatic heterocycles. The summed E-state index contributed by atoms with van der Waals surface area (Å²) in [6.45, 7) is 8.30. The Hall–Kier alpha value is -1.35. The molecule has 2 unspecified atom stereocenters. The summed E-state index contributed by atoms with van der Waals surface area (Å²) < 4.78 is 0. The van der Waals surface area contributed by atoms with Crippen LogP contribution in [-0.2, 0) is 16.6 Å². The molecule has 120 valence electrons. The van der Waals surface area contributed by atoms with E-state index in [2.05, 4.69) is 55.3 Å². The Kier molecular flexibility index (Phi) is 4.26. The van der Waals surface area contributed by atoms with Crippen molar-refractivity contribution in [1.29, 1.82) is 0 Å². The maximum atomic E-state index is 13.3. The zero-order valence-corrected chi connectivity index (χ0v) is 14.1. The zero-order chi connectivity index (χ0) is 15.7. The molecule has 1 aromatic carbocycles. The van der Waals surface area contributed by atoms with Gasteiger partial charge in [-0.25, -0.2) is 0 Å². The van der Waals surface area contributed by atoms with Crippen molar-refractivity contribution in [3.63, 3.8) is 0 Å². The molecule has 0 spiro atoms. The van der Waals surface area contributed by atoms with Gasteiger partial charge in [-0.05, 0) is 57.2 Å². The molecule has 0 aromatic heterocycles. The van der Waals surface area contributed by atoms with E-state index in [1.54, 1.807) is 0 Å². The second-order valence-corrected chi connectivity index (χ2v) is 7.27. The first-order valence-corrected chi connectivity index (χ1v) is 8.67. The first-order chi connectivity index (χ1) is 10.5. The van der Waals surface area contributed by atoms with Crippen molar-refractivity contribution in [3.8, 4) is 0 Å². The lowest BCUT2D eigenvalue weighted by atomic mass is 9.82. The molecular formula is C19H28N2O. The highest BCUT2D eigenvalue weighted by atomic mass is 16.2. The van der Waals surface area contributed by atoms with Crippen LogP contribution in [0.5, 0.6) is 0 Å². The van der Waals surface area contributed by atoms with Crippen molar-refractivity contribution in [3.05, 3.63) is 35.4 Å². The molecule has 3 nitrogen and oxygen atoms in total. The Balaban J connectivity index is 1.85. The normalized spacial score (nSPS) is 25.1. The summed E-state index contributed by atoms with van der Waals surface area (Å²) >= 11 is 0. The number of nitrogens with one attached hydrogen (secondary N) is 1. The Bertz CT molecular complexity index is 521. The van der Waals surface area contributed by atoms with E-state index < -0.39 is 5.41 Å². The van der Waals surface area contributed by atoms with Crippen LogP contribution in [0.2, 0.25) is 0 Å². The van der Waals surface area contributed by atoms with Crippen molar-refractivity contribution < 1.29 is 4.79 Å². The Morgan fingerprint density at radius 1 is 1.18 bits per heavy atom. The molecule has 0 radical (unpaired) electrons. The predicted molar refractivity (Wildman–Crippen MR) is 90.0 cm³/mol. The average molecular weight is 300 g/mol. The van der Waals surface area contributed by atoms with Crippen molar-refractivity contribution in [2.45, 2.75) is 64.0 Å². The molecule has 1 N–H and O–H groups in total. The van der Waals surface area contributed by atoms with Gasteiger partial charge in [0, 0.05) is 18.6 Å². The molecule has 0 aliphatic carbocycles. The number of rotatable bonds is 3. The molecule has 22 heavy (non-hydrogen) atoms. The smallest absolute Gasteiger partial charge is 0.233 e. The van der Waals surface area contributed by atoms with E-state index in [4.69, 9.17) is 0 Å². The molecule has 2 fully saturated rings. The zero-order valence-electron chi connectivity index (χ0n) is 14.1. The molecule has 2 saturated heterocycles. The maximum absolute atomic E-state index is 13.3. The lowest BCUT2D eigenvalue weighted by molar-refractivity contribution is -0.139. The highest BCUT2D eigenvalue weighted by Crippen LogP contribution is 2.34. The molecule has 2 aliphatic rings. The van der Waals surface area contributed by atoms with E-state index in [0.29, 0.717) is 18.0 Å². The van der Waals surface area contributed by atoms with Crippen molar-refractivity contribution in [1.82, 2.24) is 10.2 Å². The van der Waals surface area contributed by atoms with E-state index in [1.165, 1.54) is 12.0 Å². The first-order valence-electron chi connectivity index (χ1n) is 8.67. The van der Waals surface area contributed by atoms with Gasteiger partial charge in [-0.2, -0.15) is 0 Å². The lowest BCUT2D eigenvalue weighted by Crippen LogP contribution is -2.50. The molecule has 2 atom stereocenters. The molecule has 3 heteroatoms. The minimum Gasteiger partial charge on any atom is -0.335 e. The maximum Gasteiger partial charge on any atom is 0.233 e. The van der Waals surface area contributed by atoms with E-state index in [9.17, 15) is 4.79 Å². The van der Waals surface area contributed by atoms with Gasteiger partial charge >= 0.3 is 0 Å². The van der Waals surface area contributed by atoms with Crippen molar-refractivity contribution in [2.75, 3.05) is 13.1 Å². The van der Waals surface area contributed by atoms with Gasteiger partial charge in [-0.3, -0.25) is 4.79 Å². The number of nitrogens with zero attached hydrogens (tertiary/aromatic N) is 1. The predicted octanol–water partition coefficient (Wildman–Crippen LogP) is 2.88. The van der Waals surface area contributed by atoms with Crippen LogP contribution in [0, 0.1) is 0 Å². The number of fused-ring (bicyclic) bond motifs is 2. The molecular weight excluding hydrogens is 272 g/mol. The summed E-state index contributed by atoms with van der Waals surface area (Å²) in [6, 6.07) is 9.39. The van der Waals surface area contributed by atoms with E-state index >= 15 is 0 Å². The van der Waals surface area contributed by atoms with Crippen LogP contribution >= 0.6 is 0 Å². The van der Waals surface area contributed by atoms with Crippen LogP contribution in [0.4, 0.5) is 0 Å². The molecule has 2 heterocycles. The van der Waals surface area contributed by atoms with Crippen molar-refractivity contribution >= 4 is 5.91 Å². The van der Waals surface area contributed by atoms with Gasteiger partial charge in [0.25, 0.3) is 0 Å². The topological polar surface area (TPSA) is 32.3 Å². The summed E-state index contributed by atoms with van der Waals surface area (Å²) in [5.74, 6) is 0.299. The van der Waals surface area contributed by atoms with Crippen LogP contribution in [0.3, 0.4) is 0 Å². The number of carbonyl (C=O) groups excluding carboxylic acids is 1. The third-order valence-corrected chi connectivity index (χ3v) is 5.51. The number of amides is 1. The quantitative estimate of drug-likeness (QED) is 0.931. The summed E-state index contributed by atoms with van der Waals surface area (Å²) in [4.78, 5) is 15.5. The third-order valence-electron chi connectivity index (χ3n) is 5.51. The SMILES string of the molecule is CCc1ccc(C(C)(C)C(=O)N2C3CCNCC2CC3)cc1. The Morgan fingerprint density at radius 2 is 1.86 bits per heavy atom. The largest absolute Gasteiger partial charge is 0.335 e. The summed E-state index contributed by atoms with van der Waals surface area (Å²) in [7, 11) is 0. The minimum atomic E-state index is -0.447. The summed E-state index contributed by atoms with van der Waals surface area (Å²) in [6.07, 6.45) is 4.45. The highest BCUT2D eigenvalue weighted by molar-refractivity contribution is 5.88. The molecule has 2 bridgehead atoms. The summed E-state index contributed by atoms with van der Waals surface area (Å²) in [5.41, 5.74) is 2.01. The third kappa shape index (κ3) is 2.67. The number of carbonyl (C=O) groups is 1. The standard InChI is InChI=1S/C19H28N2O/c1-4-14-5-7-15(8-6-14)19(2,3)18(22)21-16-9-10-17(21)13-20-12-11-16/h5-8,16-17,20H,4,9-13H2,1-3H3. The van der Waals surface area contributed by atoms with E-state index in [-0.39, 0.29) is 0 Å².